The summed E-state index contributed by atoms with van der Waals surface area (Å²) in [5.41, 5.74) is 0. The van der Waals surface area contributed by atoms with Gasteiger partial charge in [0.05, 0.1) is 25.7 Å². The zero-order valence-electron chi connectivity index (χ0n) is 10.9. The number of rotatable bonds is 6. The van der Waals surface area contributed by atoms with E-state index in [1.165, 1.54) is 0 Å². The third-order valence-corrected chi connectivity index (χ3v) is 2.71. The van der Waals surface area contributed by atoms with E-state index in [9.17, 15) is 4.79 Å². The summed E-state index contributed by atoms with van der Waals surface area (Å²) in [6, 6.07) is 0. The summed E-state index contributed by atoms with van der Waals surface area (Å²) >= 11 is 0. The molecule has 18 heavy (non-hydrogen) atoms. The van der Waals surface area contributed by atoms with Gasteiger partial charge in [-0.05, 0) is 19.8 Å². The molecule has 0 radical (unpaired) electrons. The lowest BCUT2D eigenvalue weighted by atomic mass is 10.2. The topological polar surface area (TPSA) is 41.6 Å². The smallest absolute Gasteiger partial charge is 0.234 e. The molecule has 1 fully saturated rings. The summed E-state index contributed by atoms with van der Waals surface area (Å²) in [5, 5.41) is 2.87. The van der Waals surface area contributed by atoms with Crippen LogP contribution < -0.4 is 5.32 Å². The van der Waals surface area contributed by atoms with Crippen molar-refractivity contribution in [3.8, 4) is 24.2 Å². The van der Waals surface area contributed by atoms with Crippen LogP contribution in [0.2, 0.25) is 0 Å². The SMILES string of the molecule is C#CCN(CC#CC)CC(=O)NCC1CCCO1. The van der Waals surface area contributed by atoms with E-state index >= 15 is 0 Å². The Kier molecular flexibility index (Phi) is 6.94. The number of nitrogens with one attached hydrogen (secondary N) is 1. The highest BCUT2D eigenvalue weighted by Crippen LogP contribution is 2.10. The minimum atomic E-state index is -0.0290. The van der Waals surface area contributed by atoms with Crippen molar-refractivity contribution in [2.75, 3.05) is 32.8 Å². The van der Waals surface area contributed by atoms with Gasteiger partial charge in [-0.3, -0.25) is 9.69 Å². The van der Waals surface area contributed by atoms with Gasteiger partial charge in [-0.2, -0.15) is 0 Å². The van der Waals surface area contributed by atoms with Crippen LogP contribution in [0.1, 0.15) is 19.8 Å². The van der Waals surface area contributed by atoms with E-state index in [4.69, 9.17) is 11.2 Å². The van der Waals surface area contributed by atoms with E-state index in [0.717, 1.165) is 19.4 Å². The fourth-order valence-corrected chi connectivity index (χ4v) is 1.78. The highest BCUT2D eigenvalue weighted by Gasteiger charge is 2.16. The van der Waals surface area contributed by atoms with E-state index in [2.05, 4.69) is 23.1 Å². The normalized spacial score (nSPS) is 17.9. The first-order chi connectivity index (χ1) is 8.76. The molecule has 98 valence electrons. The largest absolute Gasteiger partial charge is 0.376 e. The van der Waals surface area contributed by atoms with Gasteiger partial charge in [0.1, 0.15) is 0 Å². The summed E-state index contributed by atoms with van der Waals surface area (Å²) in [6.07, 6.45) is 7.53. The van der Waals surface area contributed by atoms with E-state index in [-0.39, 0.29) is 18.6 Å². The molecule has 0 aromatic heterocycles. The number of nitrogens with zero attached hydrogens (tertiary/aromatic N) is 1. The van der Waals surface area contributed by atoms with Crippen LogP contribution >= 0.6 is 0 Å². The Labute approximate surface area is 109 Å². The third-order valence-electron chi connectivity index (χ3n) is 2.71. The van der Waals surface area contributed by atoms with Crippen LogP contribution in [-0.2, 0) is 9.53 Å². The van der Waals surface area contributed by atoms with Gasteiger partial charge in [-0.25, -0.2) is 0 Å². The Balaban J connectivity index is 2.25. The molecule has 4 nitrogen and oxygen atoms in total. The van der Waals surface area contributed by atoms with Crippen LogP contribution in [0.15, 0.2) is 0 Å². The van der Waals surface area contributed by atoms with Crippen molar-refractivity contribution < 1.29 is 9.53 Å². The molecule has 1 atom stereocenters. The lowest BCUT2D eigenvalue weighted by Gasteiger charge is -2.17. The maximum atomic E-state index is 11.7. The number of ether oxygens (including phenoxy) is 1. The molecule has 0 aliphatic carbocycles. The number of amides is 1. The molecular weight excluding hydrogens is 228 g/mol. The number of terminal acetylenes is 1. The zero-order valence-corrected chi connectivity index (χ0v) is 10.9. The predicted molar refractivity (Wildman–Crippen MR) is 70.7 cm³/mol. The monoisotopic (exact) mass is 248 g/mol. The molecule has 1 saturated heterocycles. The Hall–Kier alpha value is -1.49. The van der Waals surface area contributed by atoms with Crippen LogP contribution in [0.3, 0.4) is 0 Å². The average molecular weight is 248 g/mol. The lowest BCUT2D eigenvalue weighted by molar-refractivity contribution is -0.122. The van der Waals surface area contributed by atoms with Gasteiger partial charge in [0.25, 0.3) is 0 Å². The second-order valence-corrected chi connectivity index (χ2v) is 4.22. The van der Waals surface area contributed by atoms with Crippen LogP contribution in [-0.4, -0.2) is 49.7 Å². The van der Waals surface area contributed by atoms with Gasteiger partial charge in [0, 0.05) is 13.2 Å². The quantitative estimate of drug-likeness (QED) is 0.685. The zero-order chi connectivity index (χ0) is 13.2. The molecule has 1 amide bonds. The second kappa shape index (κ2) is 8.58. The van der Waals surface area contributed by atoms with Crippen molar-refractivity contribution in [1.29, 1.82) is 0 Å². The highest BCUT2D eigenvalue weighted by atomic mass is 16.5. The third kappa shape index (κ3) is 5.72. The van der Waals surface area contributed by atoms with E-state index < -0.39 is 0 Å². The summed E-state index contributed by atoms with van der Waals surface area (Å²) in [5.74, 6) is 8.21. The van der Waals surface area contributed by atoms with Crippen LogP contribution in [0.25, 0.3) is 0 Å². The van der Waals surface area contributed by atoms with Crippen LogP contribution in [0.5, 0.6) is 0 Å². The molecule has 1 N–H and O–H groups in total. The molecule has 4 heteroatoms. The Morgan fingerprint density at radius 2 is 2.39 bits per heavy atom. The van der Waals surface area contributed by atoms with Crippen LogP contribution in [0.4, 0.5) is 0 Å². The van der Waals surface area contributed by atoms with Crippen molar-refractivity contribution in [2.24, 2.45) is 0 Å². The molecule has 1 aliphatic heterocycles. The van der Waals surface area contributed by atoms with Crippen molar-refractivity contribution in [1.82, 2.24) is 10.2 Å². The summed E-state index contributed by atoms with van der Waals surface area (Å²) < 4.78 is 5.44. The average Bonchev–Trinajstić information content (AvgIpc) is 2.87. The molecule has 0 spiro atoms. The fraction of sp³-hybridized carbons (Fsp3) is 0.643. The minimum absolute atomic E-state index is 0.0290. The molecule has 0 aromatic carbocycles. The Bertz CT molecular complexity index is 356. The minimum Gasteiger partial charge on any atom is -0.376 e. The standard InChI is InChI=1S/C14H20N2O2/c1-3-5-9-16(8-4-2)12-14(17)15-11-13-7-6-10-18-13/h2,13H,6-12H2,1H3,(H,15,17). The Morgan fingerprint density at radius 1 is 1.56 bits per heavy atom. The summed E-state index contributed by atoms with van der Waals surface area (Å²) in [7, 11) is 0. The number of hydrogen-bond acceptors (Lipinski definition) is 3. The van der Waals surface area contributed by atoms with E-state index in [0.29, 0.717) is 19.6 Å². The molecule has 1 aliphatic rings. The van der Waals surface area contributed by atoms with E-state index in [1.807, 2.05) is 4.90 Å². The molecular formula is C14H20N2O2. The highest BCUT2D eigenvalue weighted by molar-refractivity contribution is 5.78. The molecule has 1 unspecified atom stereocenters. The van der Waals surface area contributed by atoms with Gasteiger partial charge in [-0.15, -0.1) is 12.3 Å². The van der Waals surface area contributed by atoms with Crippen molar-refractivity contribution in [3.63, 3.8) is 0 Å². The summed E-state index contributed by atoms with van der Waals surface area (Å²) in [4.78, 5) is 13.6. The summed E-state index contributed by atoms with van der Waals surface area (Å²) in [6.45, 7) is 4.39. The maximum Gasteiger partial charge on any atom is 0.234 e. The lowest BCUT2D eigenvalue weighted by Crippen LogP contribution is -2.40. The predicted octanol–water partition coefficient (Wildman–Crippen LogP) is 0.240. The van der Waals surface area contributed by atoms with Crippen LogP contribution in [0, 0.1) is 24.2 Å². The number of carbonyl (C=O) groups excluding carboxylic acids is 1. The van der Waals surface area contributed by atoms with Gasteiger partial charge in [0.2, 0.25) is 5.91 Å². The maximum absolute atomic E-state index is 11.7. The van der Waals surface area contributed by atoms with Gasteiger partial charge >= 0.3 is 0 Å². The first-order valence-corrected chi connectivity index (χ1v) is 6.20. The molecule has 0 aromatic rings. The fourth-order valence-electron chi connectivity index (χ4n) is 1.78. The van der Waals surface area contributed by atoms with Crippen molar-refractivity contribution in [2.45, 2.75) is 25.9 Å². The molecule has 0 saturated carbocycles. The van der Waals surface area contributed by atoms with Gasteiger partial charge in [-0.1, -0.05) is 11.8 Å². The van der Waals surface area contributed by atoms with Crippen molar-refractivity contribution >= 4 is 5.91 Å². The first-order valence-electron chi connectivity index (χ1n) is 6.20. The van der Waals surface area contributed by atoms with E-state index in [1.54, 1.807) is 6.92 Å². The molecule has 1 heterocycles. The first kappa shape index (κ1) is 14.6. The number of hydrogen-bond donors (Lipinski definition) is 1. The number of carbonyl (C=O) groups is 1. The Morgan fingerprint density at radius 3 is 3.00 bits per heavy atom. The van der Waals surface area contributed by atoms with Gasteiger partial charge < -0.3 is 10.1 Å². The molecule has 1 rings (SSSR count). The second-order valence-electron chi connectivity index (χ2n) is 4.22. The van der Waals surface area contributed by atoms with Crippen molar-refractivity contribution in [3.05, 3.63) is 0 Å². The van der Waals surface area contributed by atoms with Gasteiger partial charge in [0.15, 0.2) is 0 Å². The molecule has 0 bridgehead atoms.